The molecule has 0 aliphatic heterocycles. The van der Waals surface area contributed by atoms with E-state index in [1.807, 2.05) is 51.1 Å². The third-order valence-electron chi connectivity index (χ3n) is 3.04. The molecule has 0 amide bonds. The Morgan fingerprint density at radius 2 is 1.90 bits per heavy atom. The van der Waals surface area contributed by atoms with Crippen LogP contribution in [0.4, 0.5) is 0 Å². The molecule has 20 heavy (non-hydrogen) atoms. The van der Waals surface area contributed by atoms with E-state index < -0.39 is 5.60 Å². The van der Waals surface area contributed by atoms with Crippen molar-refractivity contribution in [3.05, 3.63) is 48.0 Å². The van der Waals surface area contributed by atoms with E-state index in [2.05, 4.69) is 13.5 Å². The fraction of sp³-hybridized carbons (Fsp3) is 0.500. The van der Waals surface area contributed by atoms with Gasteiger partial charge in [-0.3, -0.25) is 0 Å². The molecule has 0 spiro atoms. The SMILES string of the molecule is C=CCCC(C)Cc1ccc(C(=O)OC(C)(C)C)cc1. The molecule has 2 heteroatoms. The van der Waals surface area contributed by atoms with Gasteiger partial charge in [-0.25, -0.2) is 4.79 Å². The van der Waals surface area contributed by atoms with Gasteiger partial charge in [-0.05, 0) is 63.6 Å². The van der Waals surface area contributed by atoms with Crippen molar-refractivity contribution < 1.29 is 9.53 Å². The third-order valence-corrected chi connectivity index (χ3v) is 3.04. The van der Waals surface area contributed by atoms with Gasteiger partial charge in [0.1, 0.15) is 5.60 Å². The molecule has 0 aliphatic carbocycles. The lowest BCUT2D eigenvalue weighted by Gasteiger charge is -2.19. The van der Waals surface area contributed by atoms with E-state index in [0.717, 1.165) is 19.3 Å². The number of benzene rings is 1. The van der Waals surface area contributed by atoms with Crippen LogP contribution in [0.5, 0.6) is 0 Å². The van der Waals surface area contributed by atoms with Gasteiger partial charge in [-0.2, -0.15) is 0 Å². The first-order chi connectivity index (χ1) is 9.31. The molecule has 1 rings (SSSR count). The molecule has 0 heterocycles. The van der Waals surface area contributed by atoms with E-state index in [4.69, 9.17) is 4.74 Å². The normalized spacial score (nSPS) is 12.8. The Bertz CT molecular complexity index is 437. The van der Waals surface area contributed by atoms with Gasteiger partial charge >= 0.3 is 5.97 Å². The Morgan fingerprint density at radius 3 is 2.40 bits per heavy atom. The molecule has 1 atom stereocenters. The second-order valence-electron chi connectivity index (χ2n) is 6.37. The second-order valence-corrected chi connectivity index (χ2v) is 6.37. The number of hydrogen-bond donors (Lipinski definition) is 0. The quantitative estimate of drug-likeness (QED) is 0.551. The van der Waals surface area contributed by atoms with Crippen LogP contribution in [0.25, 0.3) is 0 Å². The van der Waals surface area contributed by atoms with Crippen molar-refractivity contribution in [2.75, 3.05) is 0 Å². The van der Waals surface area contributed by atoms with Gasteiger partial charge in [0.2, 0.25) is 0 Å². The highest BCUT2D eigenvalue weighted by Gasteiger charge is 2.17. The minimum absolute atomic E-state index is 0.260. The summed E-state index contributed by atoms with van der Waals surface area (Å²) < 4.78 is 5.35. The fourth-order valence-electron chi connectivity index (χ4n) is 2.02. The van der Waals surface area contributed by atoms with Crippen LogP contribution in [0.15, 0.2) is 36.9 Å². The largest absolute Gasteiger partial charge is 0.456 e. The number of rotatable bonds is 6. The minimum atomic E-state index is -0.449. The summed E-state index contributed by atoms with van der Waals surface area (Å²) in [7, 11) is 0. The van der Waals surface area contributed by atoms with E-state index in [1.54, 1.807) is 0 Å². The zero-order valence-electron chi connectivity index (χ0n) is 13.1. The van der Waals surface area contributed by atoms with Gasteiger partial charge in [-0.1, -0.05) is 25.1 Å². The van der Waals surface area contributed by atoms with Crippen molar-refractivity contribution in [2.45, 2.75) is 52.6 Å². The van der Waals surface area contributed by atoms with Gasteiger partial charge in [-0.15, -0.1) is 6.58 Å². The molecule has 110 valence electrons. The van der Waals surface area contributed by atoms with Crippen molar-refractivity contribution in [3.8, 4) is 0 Å². The molecule has 0 saturated heterocycles. The van der Waals surface area contributed by atoms with Crippen molar-refractivity contribution >= 4 is 5.97 Å². The molecular formula is C18H26O2. The molecule has 0 N–H and O–H groups in total. The molecule has 1 aromatic carbocycles. The first-order valence-corrected chi connectivity index (χ1v) is 7.25. The molecule has 0 radical (unpaired) electrons. The maximum absolute atomic E-state index is 11.9. The standard InChI is InChI=1S/C18H26O2/c1-6-7-8-14(2)13-15-9-11-16(12-10-15)17(19)20-18(3,4)5/h6,9-12,14H,1,7-8,13H2,2-5H3. The summed E-state index contributed by atoms with van der Waals surface area (Å²) in [6, 6.07) is 7.74. The van der Waals surface area contributed by atoms with Crippen molar-refractivity contribution in [1.29, 1.82) is 0 Å². The van der Waals surface area contributed by atoms with E-state index in [1.165, 1.54) is 5.56 Å². The molecule has 0 fully saturated rings. The Morgan fingerprint density at radius 1 is 1.30 bits per heavy atom. The summed E-state index contributed by atoms with van der Waals surface area (Å²) in [4.78, 5) is 11.9. The summed E-state index contributed by atoms with van der Waals surface area (Å²) in [6.07, 6.45) is 5.19. The maximum Gasteiger partial charge on any atom is 0.338 e. The number of carbonyl (C=O) groups is 1. The topological polar surface area (TPSA) is 26.3 Å². The Hall–Kier alpha value is -1.57. The predicted molar refractivity (Wildman–Crippen MR) is 83.9 cm³/mol. The van der Waals surface area contributed by atoms with Crippen LogP contribution >= 0.6 is 0 Å². The molecule has 1 unspecified atom stereocenters. The van der Waals surface area contributed by atoms with Gasteiger partial charge < -0.3 is 4.74 Å². The Labute approximate surface area is 122 Å². The van der Waals surface area contributed by atoms with Crippen LogP contribution in [-0.2, 0) is 11.2 Å². The molecule has 1 aromatic rings. The van der Waals surface area contributed by atoms with Crippen LogP contribution < -0.4 is 0 Å². The van der Waals surface area contributed by atoms with E-state index in [-0.39, 0.29) is 5.97 Å². The predicted octanol–water partition coefficient (Wildman–Crippen LogP) is 4.79. The average molecular weight is 274 g/mol. The lowest BCUT2D eigenvalue weighted by atomic mass is 9.96. The van der Waals surface area contributed by atoms with E-state index in [0.29, 0.717) is 11.5 Å². The molecular weight excluding hydrogens is 248 g/mol. The van der Waals surface area contributed by atoms with Gasteiger partial charge in [0, 0.05) is 0 Å². The summed E-state index contributed by atoms with van der Waals surface area (Å²) in [6.45, 7) is 11.6. The van der Waals surface area contributed by atoms with E-state index in [9.17, 15) is 4.79 Å². The first-order valence-electron chi connectivity index (χ1n) is 7.25. The Kier molecular flexibility index (Phi) is 6.00. The zero-order valence-corrected chi connectivity index (χ0v) is 13.1. The zero-order chi connectivity index (χ0) is 15.2. The van der Waals surface area contributed by atoms with Crippen molar-refractivity contribution in [1.82, 2.24) is 0 Å². The highest BCUT2D eigenvalue weighted by Crippen LogP contribution is 2.16. The van der Waals surface area contributed by atoms with Crippen LogP contribution in [0.1, 0.15) is 56.5 Å². The highest BCUT2D eigenvalue weighted by molar-refractivity contribution is 5.89. The average Bonchev–Trinajstić information content (AvgIpc) is 2.35. The Balaban J connectivity index is 2.60. The number of carbonyl (C=O) groups excluding carboxylic acids is 1. The van der Waals surface area contributed by atoms with Crippen LogP contribution in [0, 0.1) is 5.92 Å². The molecule has 2 nitrogen and oxygen atoms in total. The maximum atomic E-state index is 11.9. The fourth-order valence-corrected chi connectivity index (χ4v) is 2.02. The van der Waals surface area contributed by atoms with Crippen LogP contribution in [0.2, 0.25) is 0 Å². The summed E-state index contributed by atoms with van der Waals surface area (Å²) >= 11 is 0. The minimum Gasteiger partial charge on any atom is -0.456 e. The molecule has 0 saturated carbocycles. The number of allylic oxidation sites excluding steroid dienone is 1. The molecule has 0 bridgehead atoms. The van der Waals surface area contributed by atoms with Gasteiger partial charge in [0.15, 0.2) is 0 Å². The smallest absolute Gasteiger partial charge is 0.338 e. The summed E-state index contributed by atoms with van der Waals surface area (Å²) in [5.74, 6) is 0.365. The number of esters is 1. The lowest BCUT2D eigenvalue weighted by molar-refractivity contribution is 0.00695. The van der Waals surface area contributed by atoms with Crippen molar-refractivity contribution in [3.63, 3.8) is 0 Å². The summed E-state index contributed by atoms with van der Waals surface area (Å²) in [5.41, 5.74) is 1.42. The van der Waals surface area contributed by atoms with Gasteiger partial charge in [0.05, 0.1) is 5.56 Å². The van der Waals surface area contributed by atoms with Crippen LogP contribution in [-0.4, -0.2) is 11.6 Å². The van der Waals surface area contributed by atoms with Gasteiger partial charge in [0.25, 0.3) is 0 Å². The number of hydrogen-bond acceptors (Lipinski definition) is 2. The molecule has 0 aromatic heterocycles. The monoisotopic (exact) mass is 274 g/mol. The summed E-state index contributed by atoms with van der Waals surface area (Å²) in [5, 5.41) is 0. The van der Waals surface area contributed by atoms with Crippen molar-refractivity contribution in [2.24, 2.45) is 5.92 Å². The first kappa shape index (κ1) is 16.5. The second kappa shape index (κ2) is 7.28. The third kappa shape index (κ3) is 6.05. The molecule has 0 aliphatic rings. The highest BCUT2D eigenvalue weighted by atomic mass is 16.6. The van der Waals surface area contributed by atoms with E-state index >= 15 is 0 Å². The van der Waals surface area contributed by atoms with Crippen LogP contribution in [0.3, 0.4) is 0 Å². The number of ether oxygens (including phenoxy) is 1. The lowest BCUT2D eigenvalue weighted by Crippen LogP contribution is -2.23.